The molecule has 0 saturated carbocycles. The Bertz CT molecular complexity index is 1850. The van der Waals surface area contributed by atoms with Crippen LogP contribution in [0.4, 0.5) is 24.5 Å². The lowest BCUT2D eigenvalue weighted by Crippen LogP contribution is -2.47. The third kappa shape index (κ3) is 7.91. The third-order valence-corrected chi connectivity index (χ3v) is 10.1. The molecule has 1 N–H and O–H groups in total. The molecule has 0 saturated heterocycles. The number of rotatable bonds is 14. The van der Waals surface area contributed by atoms with E-state index in [1.165, 1.54) is 0 Å². The first-order chi connectivity index (χ1) is 25.1. The number of hydrogen-bond acceptors (Lipinski definition) is 7. The van der Waals surface area contributed by atoms with Gasteiger partial charge >= 0.3 is 12.1 Å². The number of benzene rings is 5. The summed E-state index contributed by atoms with van der Waals surface area (Å²) in [6.07, 6.45) is -6.37. The van der Waals surface area contributed by atoms with Crippen molar-refractivity contribution >= 4 is 29.0 Å². The second-order valence-electron chi connectivity index (χ2n) is 12.3. The fourth-order valence-electron chi connectivity index (χ4n) is 6.50. The smallest absolute Gasteiger partial charge is 0.471 e. The number of amides is 1. The minimum Gasteiger partial charge on any atom is -0.497 e. The van der Waals surface area contributed by atoms with Gasteiger partial charge in [-0.1, -0.05) is 90.6 Å². The number of para-hydroxylation sites is 2. The van der Waals surface area contributed by atoms with E-state index in [-0.39, 0.29) is 13.0 Å². The summed E-state index contributed by atoms with van der Waals surface area (Å²) in [5.41, 5.74) is 2.71. The van der Waals surface area contributed by atoms with Crippen molar-refractivity contribution in [2.24, 2.45) is 0 Å². The summed E-state index contributed by atoms with van der Waals surface area (Å²) in [6.45, 7) is -0.852. The summed E-state index contributed by atoms with van der Waals surface area (Å²) in [7, 11) is 3.13. The first-order valence-corrected chi connectivity index (χ1v) is 17.6. The molecule has 0 spiro atoms. The molecular weight excluding hydrogens is 690 g/mol. The van der Waals surface area contributed by atoms with Crippen LogP contribution in [0.15, 0.2) is 137 Å². The predicted molar refractivity (Wildman–Crippen MR) is 196 cm³/mol. The van der Waals surface area contributed by atoms with Gasteiger partial charge in [-0.05, 0) is 71.6 Å². The average Bonchev–Trinajstić information content (AvgIpc) is 3.17. The predicted octanol–water partition coefficient (Wildman–Crippen LogP) is 8.46. The Labute approximate surface area is 305 Å². The Hall–Kier alpha value is -4.97. The number of carbonyl (C=O) groups is 1. The number of aliphatic hydroxyl groups is 1. The van der Waals surface area contributed by atoms with E-state index in [0.717, 1.165) is 26.7 Å². The lowest BCUT2D eigenvalue weighted by molar-refractivity contribution is -0.187. The fourth-order valence-corrected chi connectivity index (χ4v) is 7.60. The van der Waals surface area contributed by atoms with Crippen molar-refractivity contribution in [2.45, 2.75) is 34.1 Å². The molecule has 0 fully saturated rings. The number of carbonyl (C=O) groups excluding carboxylic acids is 1. The Morgan fingerprint density at radius 2 is 1.21 bits per heavy atom. The summed E-state index contributed by atoms with van der Waals surface area (Å²) in [5.74, 6) is -0.768. The molecule has 1 atom stereocenters. The number of alkyl halides is 3. The van der Waals surface area contributed by atoms with Crippen molar-refractivity contribution in [1.29, 1.82) is 0 Å². The maximum absolute atomic E-state index is 14.0. The van der Waals surface area contributed by atoms with Crippen molar-refractivity contribution in [3.63, 3.8) is 0 Å². The molecule has 5 aromatic rings. The molecule has 52 heavy (non-hydrogen) atoms. The second-order valence-corrected chi connectivity index (χ2v) is 13.3. The maximum Gasteiger partial charge on any atom is 0.471 e. The Morgan fingerprint density at radius 3 is 1.71 bits per heavy atom. The summed E-state index contributed by atoms with van der Waals surface area (Å²) >= 11 is 1.63. The molecule has 0 bridgehead atoms. The van der Waals surface area contributed by atoms with Crippen molar-refractivity contribution in [3.05, 3.63) is 144 Å². The number of anilines is 2. The van der Waals surface area contributed by atoms with Crippen LogP contribution in [0.1, 0.15) is 23.1 Å². The molecule has 0 unspecified atom stereocenters. The molecular formula is C41H39F3N2O5S. The normalized spacial score (nSPS) is 13.2. The van der Waals surface area contributed by atoms with Crippen LogP contribution < -0.4 is 14.4 Å². The maximum atomic E-state index is 14.0. The van der Waals surface area contributed by atoms with E-state index in [0.29, 0.717) is 34.1 Å². The van der Waals surface area contributed by atoms with Crippen LogP contribution in [-0.2, 0) is 15.1 Å². The molecule has 11 heteroatoms. The van der Waals surface area contributed by atoms with Gasteiger partial charge in [0.25, 0.3) is 0 Å². The minimum atomic E-state index is -5.12. The van der Waals surface area contributed by atoms with Crippen LogP contribution in [0.25, 0.3) is 0 Å². The number of fused-ring (bicyclic) bond motifs is 2. The van der Waals surface area contributed by atoms with Gasteiger partial charge in [0.15, 0.2) is 0 Å². The summed E-state index contributed by atoms with van der Waals surface area (Å²) in [6, 6.07) is 39.6. The molecule has 6 rings (SSSR count). The summed E-state index contributed by atoms with van der Waals surface area (Å²) in [4.78, 5) is 17.6. The monoisotopic (exact) mass is 728 g/mol. The van der Waals surface area contributed by atoms with E-state index >= 15 is 0 Å². The topological polar surface area (TPSA) is 71.5 Å². The highest BCUT2D eigenvalue weighted by Crippen LogP contribution is 2.48. The molecule has 5 aromatic carbocycles. The molecule has 1 amide bonds. The lowest BCUT2D eigenvalue weighted by atomic mass is 9.80. The SMILES string of the molecule is COc1ccc(C(OC[C@@H](O)CN(CCCN2c3ccccc3Sc3ccccc32)C(=O)C(F)(F)F)(c2ccccc2)c2ccc(OC)cc2)cc1. The standard InChI is InChI=1S/C41H39F3N2O5S/c1-49-33-21-17-30(18-22-33)40(29-11-4-3-5-12-29,31-19-23-34(50-2)24-20-31)51-28-32(47)27-45(39(48)41(42,43)44)25-10-26-46-35-13-6-8-15-37(35)52-38-16-9-7-14-36(38)46/h3-9,11-24,32,47H,10,25-28H2,1-2H3/t32-/m0/s1. The van der Waals surface area contributed by atoms with Gasteiger partial charge in [-0.15, -0.1) is 0 Å². The molecule has 270 valence electrons. The molecule has 0 radical (unpaired) electrons. The largest absolute Gasteiger partial charge is 0.497 e. The van der Waals surface area contributed by atoms with Gasteiger partial charge in [0, 0.05) is 29.4 Å². The van der Waals surface area contributed by atoms with Gasteiger partial charge < -0.3 is 29.1 Å². The highest BCUT2D eigenvalue weighted by molar-refractivity contribution is 7.99. The van der Waals surface area contributed by atoms with E-state index in [1.807, 2.05) is 103 Å². The molecule has 1 heterocycles. The molecule has 1 aliphatic rings. The molecule has 7 nitrogen and oxygen atoms in total. The molecule has 0 aliphatic carbocycles. The molecule has 0 aromatic heterocycles. The number of hydrogen-bond donors (Lipinski definition) is 1. The third-order valence-electron chi connectivity index (χ3n) is 8.97. The van der Waals surface area contributed by atoms with Gasteiger partial charge in [0.1, 0.15) is 17.1 Å². The van der Waals surface area contributed by atoms with Crippen molar-refractivity contribution < 1.29 is 37.3 Å². The van der Waals surface area contributed by atoms with Gasteiger partial charge in [-0.25, -0.2) is 0 Å². The van der Waals surface area contributed by atoms with Crippen LogP contribution in [0.5, 0.6) is 11.5 Å². The Kier molecular flexibility index (Phi) is 11.4. The quantitative estimate of drug-likeness (QED) is 0.115. The van der Waals surface area contributed by atoms with E-state index < -0.39 is 36.9 Å². The van der Waals surface area contributed by atoms with Gasteiger partial charge in [-0.2, -0.15) is 13.2 Å². The van der Waals surface area contributed by atoms with Crippen molar-refractivity contribution in [1.82, 2.24) is 4.90 Å². The van der Waals surface area contributed by atoms with Crippen molar-refractivity contribution in [2.75, 3.05) is 45.4 Å². The van der Waals surface area contributed by atoms with Crippen LogP contribution in [0.3, 0.4) is 0 Å². The van der Waals surface area contributed by atoms with E-state index in [2.05, 4.69) is 4.90 Å². The van der Waals surface area contributed by atoms with E-state index in [1.54, 1.807) is 50.2 Å². The van der Waals surface area contributed by atoms with Crippen LogP contribution in [0.2, 0.25) is 0 Å². The number of halogens is 3. The number of methoxy groups -OCH3 is 2. The first-order valence-electron chi connectivity index (χ1n) is 16.8. The van der Waals surface area contributed by atoms with Gasteiger partial charge in [0.05, 0.1) is 38.3 Å². The zero-order valence-electron chi connectivity index (χ0n) is 28.8. The number of ether oxygens (including phenoxy) is 3. The fraction of sp³-hybridized carbons (Fsp3) is 0.244. The highest BCUT2D eigenvalue weighted by Gasteiger charge is 2.43. The number of aliphatic hydroxyl groups excluding tert-OH is 1. The van der Waals surface area contributed by atoms with E-state index in [9.17, 15) is 23.1 Å². The highest BCUT2D eigenvalue weighted by atomic mass is 32.2. The zero-order valence-corrected chi connectivity index (χ0v) is 29.6. The van der Waals surface area contributed by atoms with Crippen molar-refractivity contribution in [3.8, 4) is 11.5 Å². The second kappa shape index (κ2) is 16.1. The van der Waals surface area contributed by atoms with Crippen LogP contribution in [-0.4, -0.2) is 68.7 Å². The average molecular weight is 729 g/mol. The van der Waals surface area contributed by atoms with Gasteiger partial charge in [0.2, 0.25) is 0 Å². The Morgan fingerprint density at radius 1 is 0.731 bits per heavy atom. The number of nitrogens with zero attached hydrogens (tertiary/aromatic N) is 2. The van der Waals surface area contributed by atoms with Crippen LogP contribution in [0, 0.1) is 0 Å². The van der Waals surface area contributed by atoms with Crippen LogP contribution >= 0.6 is 11.8 Å². The first kappa shape index (κ1) is 36.8. The summed E-state index contributed by atoms with van der Waals surface area (Å²) in [5, 5.41) is 11.4. The lowest BCUT2D eigenvalue weighted by Gasteiger charge is -2.37. The summed E-state index contributed by atoms with van der Waals surface area (Å²) < 4.78 is 59.3. The zero-order chi connectivity index (χ0) is 36.7. The Balaban J connectivity index is 1.25. The van der Waals surface area contributed by atoms with Gasteiger partial charge in [-0.3, -0.25) is 4.79 Å². The minimum absolute atomic E-state index is 0.217. The van der Waals surface area contributed by atoms with E-state index in [4.69, 9.17) is 14.2 Å². The molecule has 1 aliphatic heterocycles.